The molecule has 0 rings (SSSR count). The van der Waals surface area contributed by atoms with Crippen LogP contribution in [0.25, 0.3) is 0 Å². The number of esters is 1. The SMILES string of the molecule is CC(C)=C(C)C(=O)OC(CCC(CO)(CO)CO)C(O)(O)O. The number of aliphatic hydroxyl groups is 6. The van der Waals surface area contributed by atoms with E-state index >= 15 is 0 Å². The lowest BCUT2D eigenvalue weighted by Gasteiger charge is -2.31. The summed E-state index contributed by atoms with van der Waals surface area (Å²) in [5, 5.41) is 55.5. The van der Waals surface area contributed by atoms with Gasteiger partial charge in [-0.15, -0.1) is 0 Å². The van der Waals surface area contributed by atoms with E-state index in [2.05, 4.69) is 0 Å². The van der Waals surface area contributed by atoms with E-state index in [0.717, 1.165) is 0 Å². The van der Waals surface area contributed by atoms with Crippen LogP contribution in [0.2, 0.25) is 0 Å². The summed E-state index contributed by atoms with van der Waals surface area (Å²) in [4.78, 5) is 11.8. The minimum atomic E-state index is -3.27. The fourth-order valence-corrected chi connectivity index (χ4v) is 1.58. The molecule has 130 valence electrons. The first-order valence-electron chi connectivity index (χ1n) is 6.87. The molecule has 6 N–H and O–H groups in total. The van der Waals surface area contributed by atoms with Crippen LogP contribution in [-0.4, -0.2) is 68.5 Å². The van der Waals surface area contributed by atoms with Gasteiger partial charge < -0.3 is 35.4 Å². The average molecular weight is 322 g/mol. The van der Waals surface area contributed by atoms with Gasteiger partial charge in [0, 0.05) is 11.0 Å². The maximum atomic E-state index is 11.8. The normalized spacial score (nSPS) is 13.7. The molecule has 0 aliphatic carbocycles. The van der Waals surface area contributed by atoms with Gasteiger partial charge in [-0.05, 0) is 33.6 Å². The third kappa shape index (κ3) is 5.99. The van der Waals surface area contributed by atoms with Gasteiger partial charge in [0.15, 0.2) is 6.10 Å². The van der Waals surface area contributed by atoms with E-state index in [0.29, 0.717) is 5.57 Å². The van der Waals surface area contributed by atoms with Crippen molar-refractivity contribution in [2.45, 2.75) is 45.7 Å². The van der Waals surface area contributed by atoms with E-state index < -0.39 is 43.3 Å². The number of hydrogen-bond acceptors (Lipinski definition) is 8. The summed E-state index contributed by atoms with van der Waals surface area (Å²) >= 11 is 0. The molecule has 8 nitrogen and oxygen atoms in total. The van der Waals surface area contributed by atoms with Gasteiger partial charge in [0.1, 0.15) is 0 Å². The zero-order valence-electron chi connectivity index (χ0n) is 13.1. The highest BCUT2D eigenvalue weighted by atomic mass is 16.7. The van der Waals surface area contributed by atoms with E-state index in [4.69, 9.17) is 4.74 Å². The molecule has 1 atom stereocenters. The molecule has 0 fully saturated rings. The molecule has 0 aromatic rings. The Morgan fingerprint density at radius 3 is 1.77 bits per heavy atom. The van der Waals surface area contributed by atoms with E-state index in [1.807, 2.05) is 0 Å². The van der Waals surface area contributed by atoms with Crippen LogP contribution in [0.5, 0.6) is 0 Å². The number of hydrogen-bond donors (Lipinski definition) is 6. The zero-order chi connectivity index (χ0) is 17.6. The predicted octanol–water partition coefficient (Wildman–Crippen LogP) is -1.37. The van der Waals surface area contributed by atoms with Gasteiger partial charge in [0.05, 0.1) is 19.8 Å². The number of allylic oxidation sites excluding steroid dienone is 1. The van der Waals surface area contributed by atoms with Crippen LogP contribution in [0.1, 0.15) is 33.6 Å². The molecule has 1 unspecified atom stereocenters. The Labute approximate surface area is 129 Å². The van der Waals surface area contributed by atoms with Gasteiger partial charge in [-0.25, -0.2) is 4.79 Å². The van der Waals surface area contributed by atoms with Gasteiger partial charge in [-0.1, -0.05) is 5.57 Å². The number of ether oxygens (including phenoxy) is 1. The monoisotopic (exact) mass is 322 g/mol. The maximum absolute atomic E-state index is 11.8. The molecule has 0 aliphatic rings. The summed E-state index contributed by atoms with van der Waals surface area (Å²) in [6, 6.07) is 0. The van der Waals surface area contributed by atoms with Crippen molar-refractivity contribution in [2.75, 3.05) is 19.8 Å². The second-order valence-corrected chi connectivity index (χ2v) is 5.72. The van der Waals surface area contributed by atoms with Crippen molar-refractivity contribution in [3.8, 4) is 0 Å². The zero-order valence-corrected chi connectivity index (χ0v) is 13.1. The second-order valence-electron chi connectivity index (χ2n) is 5.72. The topological polar surface area (TPSA) is 148 Å². The lowest BCUT2D eigenvalue weighted by Crippen LogP contribution is -2.46. The van der Waals surface area contributed by atoms with Crippen molar-refractivity contribution < 1.29 is 40.2 Å². The molecule has 0 heterocycles. The molecule has 0 aromatic heterocycles. The number of rotatable bonds is 9. The van der Waals surface area contributed by atoms with Crippen LogP contribution in [-0.2, 0) is 9.53 Å². The standard InChI is InChI=1S/C14H26O8/c1-9(2)10(3)12(18)22-11(14(19,20)21)4-5-13(6-15,7-16)8-17/h11,15-17,19-21H,4-8H2,1-3H3. The van der Waals surface area contributed by atoms with Crippen molar-refractivity contribution in [2.24, 2.45) is 5.41 Å². The Balaban J connectivity index is 5.04. The molecular formula is C14H26O8. The molecule has 0 saturated heterocycles. The van der Waals surface area contributed by atoms with Crippen LogP contribution >= 0.6 is 0 Å². The first kappa shape index (κ1) is 21.0. The molecule has 22 heavy (non-hydrogen) atoms. The molecular weight excluding hydrogens is 296 g/mol. The number of carbonyl (C=O) groups is 1. The smallest absolute Gasteiger partial charge is 0.334 e. The van der Waals surface area contributed by atoms with Crippen molar-refractivity contribution in [1.29, 1.82) is 0 Å². The third-order valence-electron chi connectivity index (χ3n) is 3.68. The van der Waals surface area contributed by atoms with Crippen molar-refractivity contribution in [3.05, 3.63) is 11.1 Å². The molecule has 0 saturated carbocycles. The Bertz CT molecular complexity index is 380. The summed E-state index contributed by atoms with van der Waals surface area (Å²) in [6.45, 7) is 3.17. The number of carbonyl (C=O) groups excluding carboxylic acids is 1. The van der Waals surface area contributed by atoms with E-state index in [-0.39, 0.29) is 18.4 Å². The molecule has 0 radical (unpaired) electrons. The van der Waals surface area contributed by atoms with E-state index in [9.17, 15) is 35.4 Å². The molecule has 0 spiro atoms. The van der Waals surface area contributed by atoms with E-state index in [1.54, 1.807) is 13.8 Å². The van der Waals surface area contributed by atoms with E-state index in [1.165, 1.54) is 6.92 Å². The van der Waals surface area contributed by atoms with Crippen molar-refractivity contribution in [1.82, 2.24) is 0 Å². The van der Waals surface area contributed by atoms with Crippen molar-refractivity contribution >= 4 is 5.97 Å². The van der Waals surface area contributed by atoms with Crippen molar-refractivity contribution in [3.63, 3.8) is 0 Å². The Morgan fingerprint density at radius 2 is 1.45 bits per heavy atom. The third-order valence-corrected chi connectivity index (χ3v) is 3.68. The Kier molecular flexibility index (Phi) is 8.16. The van der Waals surface area contributed by atoms with Crippen LogP contribution in [0.15, 0.2) is 11.1 Å². The number of aliphatic hydroxyl groups excluding tert-OH is 3. The summed E-state index contributed by atoms with van der Waals surface area (Å²) in [7, 11) is 0. The lowest BCUT2D eigenvalue weighted by atomic mass is 9.84. The first-order chi connectivity index (χ1) is 10.0. The summed E-state index contributed by atoms with van der Waals surface area (Å²) < 4.78 is 4.88. The Hall–Kier alpha value is -1.03. The molecule has 0 bridgehead atoms. The average Bonchev–Trinajstić information content (AvgIpc) is 2.45. The highest BCUT2D eigenvalue weighted by Crippen LogP contribution is 2.26. The molecule has 8 heteroatoms. The second kappa shape index (κ2) is 8.56. The van der Waals surface area contributed by atoms with Crippen LogP contribution < -0.4 is 0 Å². The van der Waals surface area contributed by atoms with Gasteiger partial charge >= 0.3 is 11.9 Å². The quantitative estimate of drug-likeness (QED) is 0.173. The van der Waals surface area contributed by atoms with Crippen LogP contribution in [0.4, 0.5) is 0 Å². The fourth-order valence-electron chi connectivity index (χ4n) is 1.58. The van der Waals surface area contributed by atoms with Gasteiger partial charge in [0.25, 0.3) is 0 Å². The predicted molar refractivity (Wildman–Crippen MR) is 76.2 cm³/mol. The van der Waals surface area contributed by atoms with Gasteiger partial charge in [-0.2, -0.15) is 0 Å². The molecule has 0 aromatic carbocycles. The minimum absolute atomic E-state index is 0.105. The minimum Gasteiger partial charge on any atom is -0.450 e. The maximum Gasteiger partial charge on any atom is 0.334 e. The largest absolute Gasteiger partial charge is 0.450 e. The molecule has 0 aliphatic heterocycles. The van der Waals surface area contributed by atoms with Crippen LogP contribution in [0.3, 0.4) is 0 Å². The van der Waals surface area contributed by atoms with Gasteiger partial charge in [0.2, 0.25) is 0 Å². The Morgan fingerprint density at radius 1 is 1.00 bits per heavy atom. The summed E-state index contributed by atoms with van der Waals surface area (Å²) in [6.07, 6.45) is -2.09. The summed E-state index contributed by atoms with van der Waals surface area (Å²) in [5.41, 5.74) is -0.354. The van der Waals surface area contributed by atoms with Crippen LogP contribution in [0, 0.1) is 5.41 Å². The highest BCUT2D eigenvalue weighted by molar-refractivity contribution is 5.88. The lowest BCUT2D eigenvalue weighted by molar-refractivity contribution is -0.357. The molecule has 0 amide bonds. The first-order valence-corrected chi connectivity index (χ1v) is 6.87. The summed E-state index contributed by atoms with van der Waals surface area (Å²) in [5.74, 6) is -4.10. The fraction of sp³-hybridized carbons (Fsp3) is 0.786. The van der Waals surface area contributed by atoms with Gasteiger partial charge in [-0.3, -0.25) is 0 Å². The highest BCUT2D eigenvalue weighted by Gasteiger charge is 2.39.